The number of Topliss-reactive ketones (excluding diaryl/α,β-unsaturated/α-hetero) is 1. The third-order valence-electron chi connectivity index (χ3n) is 4.79. The molecule has 0 aliphatic heterocycles. The molecule has 4 aromatic rings. The fourth-order valence-corrected chi connectivity index (χ4v) is 3.15. The summed E-state index contributed by atoms with van der Waals surface area (Å²) in [5.74, 6) is 0.859. The Balaban J connectivity index is 0.00000256. The van der Waals surface area contributed by atoms with Gasteiger partial charge in [0.05, 0.1) is 13.3 Å². The summed E-state index contributed by atoms with van der Waals surface area (Å²) in [5, 5.41) is 0. The molecule has 1 aromatic heterocycles. The van der Waals surface area contributed by atoms with Gasteiger partial charge in [0.15, 0.2) is 12.2 Å². The van der Waals surface area contributed by atoms with Crippen molar-refractivity contribution in [1.29, 1.82) is 0 Å². The molecule has 3 aromatic carbocycles. The number of ketones is 1. The van der Waals surface area contributed by atoms with Crippen LogP contribution in [0.2, 0.25) is 0 Å². The van der Waals surface area contributed by atoms with Crippen LogP contribution in [0, 0.1) is 0 Å². The van der Waals surface area contributed by atoms with Gasteiger partial charge in [0, 0.05) is 17.2 Å². The van der Waals surface area contributed by atoms with E-state index in [0.29, 0.717) is 5.56 Å². The van der Waals surface area contributed by atoms with E-state index >= 15 is 0 Å². The zero-order valence-electron chi connectivity index (χ0n) is 16.5. The van der Waals surface area contributed by atoms with E-state index in [1.54, 1.807) is 18.0 Å². The molecule has 0 unspecified atom stereocenters. The molecule has 0 atom stereocenters. The van der Waals surface area contributed by atoms with Gasteiger partial charge in [-0.15, -0.1) is 0 Å². The van der Waals surface area contributed by atoms with Crippen molar-refractivity contribution >= 4 is 5.78 Å². The molecule has 150 valence electrons. The van der Waals surface area contributed by atoms with Crippen LogP contribution in [0.3, 0.4) is 0 Å². The quantitative estimate of drug-likeness (QED) is 0.324. The van der Waals surface area contributed by atoms with E-state index in [2.05, 4.69) is 17.1 Å². The van der Waals surface area contributed by atoms with Crippen molar-refractivity contribution in [1.82, 2.24) is 4.98 Å². The first-order chi connectivity index (χ1) is 14.2. The van der Waals surface area contributed by atoms with E-state index in [9.17, 15) is 4.79 Å². The number of nitrogens with zero attached hydrogens (tertiary/aromatic N) is 2. The fraction of sp³-hybridized carbons (Fsp3) is 0.0800. The number of rotatable bonds is 6. The highest BCUT2D eigenvalue weighted by Crippen LogP contribution is 2.20. The first-order valence-electron chi connectivity index (χ1n) is 9.41. The van der Waals surface area contributed by atoms with Crippen molar-refractivity contribution in [2.75, 3.05) is 7.11 Å². The number of hydrogen-bond acceptors (Lipinski definition) is 3. The van der Waals surface area contributed by atoms with E-state index in [1.165, 1.54) is 0 Å². The van der Waals surface area contributed by atoms with Crippen LogP contribution >= 0.6 is 0 Å². The normalized spacial score (nSPS) is 10.2. The summed E-state index contributed by atoms with van der Waals surface area (Å²) < 4.78 is 6.97. The molecular formula is C25H21BrN2O2. The molecule has 5 heteroatoms. The van der Waals surface area contributed by atoms with Crippen LogP contribution in [0.25, 0.3) is 22.4 Å². The van der Waals surface area contributed by atoms with Crippen molar-refractivity contribution in [3.63, 3.8) is 0 Å². The summed E-state index contributed by atoms with van der Waals surface area (Å²) in [6.45, 7) is 0.251. The average Bonchev–Trinajstić information content (AvgIpc) is 2.80. The summed E-state index contributed by atoms with van der Waals surface area (Å²) in [5.41, 5.74) is 4.78. The number of hydrogen-bond donors (Lipinski definition) is 0. The zero-order valence-corrected chi connectivity index (χ0v) is 18.1. The van der Waals surface area contributed by atoms with Crippen molar-refractivity contribution in [2.45, 2.75) is 6.54 Å². The number of ether oxygens (including phenoxy) is 1. The van der Waals surface area contributed by atoms with Crippen LogP contribution < -0.4 is 26.3 Å². The SMILES string of the molecule is COc1ccc(-c2cc[n+](CC(=O)c3ccc(-c4ccccc4)cc3)cn2)cc1.[Br-]. The lowest BCUT2D eigenvalue weighted by Gasteiger charge is -2.04. The van der Waals surface area contributed by atoms with Crippen LogP contribution in [-0.2, 0) is 6.54 Å². The van der Waals surface area contributed by atoms with Crippen LogP contribution in [0.5, 0.6) is 5.75 Å². The van der Waals surface area contributed by atoms with E-state index in [0.717, 1.165) is 28.1 Å². The molecule has 4 rings (SSSR count). The highest BCUT2D eigenvalue weighted by Gasteiger charge is 2.12. The average molecular weight is 461 g/mol. The molecule has 0 saturated carbocycles. The molecule has 0 aliphatic carbocycles. The molecule has 1 heterocycles. The number of benzene rings is 3. The number of carbonyl (C=O) groups excluding carboxylic acids is 1. The van der Waals surface area contributed by atoms with Gasteiger partial charge in [-0.2, -0.15) is 0 Å². The predicted octanol–water partition coefficient (Wildman–Crippen LogP) is 1.60. The molecule has 4 nitrogen and oxygen atoms in total. The molecule has 0 amide bonds. The molecule has 0 saturated heterocycles. The van der Waals surface area contributed by atoms with Gasteiger partial charge in [0.1, 0.15) is 5.75 Å². The smallest absolute Gasteiger partial charge is 0.287 e. The number of aromatic nitrogens is 2. The zero-order chi connectivity index (χ0) is 20.1. The van der Waals surface area contributed by atoms with E-state index in [4.69, 9.17) is 4.74 Å². The molecule has 0 bridgehead atoms. The number of methoxy groups -OCH3 is 1. The predicted molar refractivity (Wildman–Crippen MR) is 113 cm³/mol. The summed E-state index contributed by atoms with van der Waals surface area (Å²) in [4.78, 5) is 17.1. The Morgan fingerprint density at radius 2 is 1.47 bits per heavy atom. The summed E-state index contributed by atoms with van der Waals surface area (Å²) >= 11 is 0. The van der Waals surface area contributed by atoms with Crippen molar-refractivity contribution < 1.29 is 31.1 Å². The second-order valence-corrected chi connectivity index (χ2v) is 6.71. The third kappa shape index (κ3) is 4.99. The van der Waals surface area contributed by atoms with Gasteiger partial charge >= 0.3 is 0 Å². The molecular weight excluding hydrogens is 440 g/mol. The van der Waals surface area contributed by atoms with Gasteiger partial charge in [-0.1, -0.05) is 54.6 Å². The Morgan fingerprint density at radius 3 is 2.07 bits per heavy atom. The van der Waals surface area contributed by atoms with Crippen LogP contribution in [0.1, 0.15) is 10.4 Å². The topological polar surface area (TPSA) is 43.1 Å². The Hall–Kier alpha value is -3.31. The molecule has 30 heavy (non-hydrogen) atoms. The Kier molecular flexibility index (Phi) is 7.09. The molecule has 0 radical (unpaired) electrons. The van der Waals surface area contributed by atoms with E-state index in [1.807, 2.05) is 79.0 Å². The second-order valence-electron chi connectivity index (χ2n) is 6.71. The lowest BCUT2D eigenvalue weighted by atomic mass is 10.0. The lowest BCUT2D eigenvalue weighted by Crippen LogP contribution is -3.00. The summed E-state index contributed by atoms with van der Waals surface area (Å²) in [6.07, 6.45) is 3.57. The van der Waals surface area contributed by atoms with Gasteiger partial charge in [-0.3, -0.25) is 4.79 Å². The van der Waals surface area contributed by atoms with Crippen molar-refractivity contribution in [3.05, 3.63) is 103 Å². The first kappa shape index (κ1) is 21.4. The Labute approximate surface area is 186 Å². The molecule has 0 N–H and O–H groups in total. The second kappa shape index (κ2) is 9.94. The number of carbonyl (C=O) groups is 1. The van der Waals surface area contributed by atoms with Crippen LogP contribution in [0.4, 0.5) is 0 Å². The van der Waals surface area contributed by atoms with Crippen molar-refractivity contribution in [3.8, 4) is 28.1 Å². The van der Waals surface area contributed by atoms with Gasteiger partial charge in [-0.25, -0.2) is 4.57 Å². The van der Waals surface area contributed by atoms with E-state index in [-0.39, 0.29) is 29.3 Å². The largest absolute Gasteiger partial charge is 1.00 e. The summed E-state index contributed by atoms with van der Waals surface area (Å²) in [7, 11) is 1.64. The van der Waals surface area contributed by atoms with E-state index < -0.39 is 0 Å². The van der Waals surface area contributed by atoms with Gasteiger partial charge in [-0.05, 0) is 40.4 Å². The highest BCUT2D eigenvalue weighted by molar-refractivity contribution is 5.95. The minimum absolute atomic E-state index is 0. The maximum absolute atomic E-state index is 12.6. The lowest BCUT2D eigenvalue weighted by molar-refractivity contribution is -0.686. The number of halogens is 1. The van der Waals surface area contributed by atoms with Gasteiger partial charge in [0.2, 0.25) is 5.78 Å². The van der Waals surface area contributed by atoms with Gasteiger partial charge < -0.3 is 21.7 Å². The summed E-state index contributed by atoms with van der Waals surface area (Å²) in [6, 6.07) is 27.5. The third-order valence-corrected chi connectivity index (χ3v) is 4.79. The molecule has 0 spiro atoms. The highest BCUT2D eigenvalue weighted by atomic mass is 79.9. The molecule has 0 fully saturated rings. The minimum Gasteiger partial charge on any atom is -1.00 e. The van der Waals surface area contributed by atoms with Crippen molar-refractivity contribution in [2.24, 2.45) is 0 Å². The maximum atomic E-state index is 12.6. The molecule has 0 aliphatic rings. The van der Waals surface area contributed by atoms with Crippen LogP contribution in [0.15, 0.2) is 97.5 Å². The Bertz CT molecular complexity index is 1090. The monoisotopic (exact) mass is 460 g/mol. The van der Waals surface area contributed by atoms with Gasteiger partial charge in [0.25, 0.3) is 6.33 Å². The maximum Gasteiger partial charge on any atom is 0.287 e. The minimum atomic E-state index is 0. The fourth-order valence-electron chi connectivity index (χ4n) is 3.15. The standard InChI is InChI=1S/C25H21N2O2.BrH/c1-29-23-13-11-21(12-14-23)24-15-16-27(18-26-24)17-25(28)22-9-7-20(8-10-22)19-5-3-2-4-6-19;/h2-16,18H,17H2,1H3;1H/q+1;/p-1. The Morgan fingerprint density at radius 1 is 0.833 bits per heavy atom. The first-order valence-corrected chi connectivity index (χ1v) is 9.41. The van der Waals surface area contributed by atoms with Crippen LogP contribution in [-0.4, -0.2) is 17.9 Å².